The number of rotatable bonds is 8. The summed E-state index contributed by atoms with van der Waals surface area (Å²) in [5.41, 5.74) is 3.79. The topological polar surface area (TPSA) is 99.2 Å². The van der Waals surface area contributed by atoms with Crippen LogP contribution in [0.15, 0.2) is 70.1 Å². The molecular weight excluding hydrogens is 452 g/mol. The van der Waals surface area contributed by atoms with Crippen LogP contribution in [-0.4, -0.2) is 33.4 Å². The fraction of sp³-hybridized carbons (Fsp3) is 0.200. The number of para-hydroxylation sites is 1. The number of hydrogen-bond acceptors (Lipinski definition) is 7. The Morgan fingerprint density at radius 3 is 2.53 bits per heavy atom. The minimum absolute atomic E-state index is 0.400. The first-order valence-electron chi connectivity index (χ1n) is 10.6. The summed E-state index contributed by atoms with van der Waals surface area (Å²) in [5, 5.41) is 11.2. The molecule has 0 bridgehead atoms. The van der Waals surface area contributed by atoms with Crippen molar-refractivity contribution in [2.45, 2.75) is 31.4 Å². The van der Waals surface area contributed by atoms with Gasteiger partial charge in [-0.2, -0.15) is 5.10 Å². The largest absolute Gasteiger partial charge is 0.452 e. The molecule has 174 valence electrons. The van der Waals surface area contributed by atoms with E-state index in [-0.39, 0.29) is 0 Å². The van der Waals surface area contributed by atoms with Gasteiger partial charge in [0.2, 0.25) is 0 Å². The molecule has 4 rings (SSSR count). The fourth-order valence-electron chi connectivity index (χ4n) is 3.36. The van der Waals surface area contributed by atoms with Crippen molar-refractivity contribution in [3.8, 4) is 5.69 Å². The van der Waals surface area contributed by atoms with E-state index < -0.39 is 18.5 Å². The number of carbonyl (C=O) groups excluding carboxylic acids is 2. The minimum atomic E-state index is -0.565. The number of nitrogens with zero attached hydrogens (tertiary/aromatic N) is 3. The molecule has 4 aromatic rings. The quantitative estimate of drug-likeness (QED) is 0.286. The molecule has 0 aliphatic heterocycles. The average molecular weight is 477 g/mol. The lowest BCUT2D eigenvalue weighted by atomic mass is 10.2. The van der Waals surface area contributed by atoms with Gasteiger partial charge in [-0.15, -0.1) is 11.8 Å². The lowest BCUT2D eigenvalue weighted by Gasteiger charge is -2.11. The molecule has 8 nitrogen and oxygen atoms in total. The molecule has 0 saturated heterocycles. The summed E-state index contributed by atoms with van der Waals surface area (Å²) in [6.07, 6.45) is 0. The lowest BCUT2D eigenvalue weighted by molar-refractivity contribution is -0.119. The van der Waals surface area contributed by atoms with Crippen LogP contribution in [0, 0.1) is 20.8 Å². The molecule has 0 saturated carbocycles. The predicted octanol–water partition coefficient (Wildman–Crippen LogP) is 4.87. The molecule has 0 fully saturated rings. The standard InChI is InChI=1S/C25H24N4O4S/c1-16-13-23(29(27-16)19-9-5-4-6-10-19)26-24(30)14-32-25(31)20-11-7-8-12-22(20)34-15-21-17(2)28-33-18(21)3/h4-13H,14-15H2,1-3H3,(H,26,30). The van der Waals surface area contributed by atoms with E-state index in [9.17, 15) is 9.59 Å². The Bertz CT molecular complexity index is 1290. The van der Waals surface area contributed by atoms with E-state index in [4.69, 9.17) is 9.26 Å². The summed E-state index contributed by atoms with van der Waals surface area (Å²) in [7, 11) is 0. The number of hydrogen-bond donors (Lipinski definition) is 1. The fourth-order valence-corrected chi connectivity index (χ4v) is 4.55. The lowest BCUT2D eigenvalue weighted by Crippen LogP contribution is -2.22. The van der Waals surface area contributed by atoms with Crippen molar-refractivity contribution < 1.29 is 18.8 Å². The third kappa shape index (κ3) is 5.37. The molecule has 0 aliphatic carbocycles. The van der Waals surface area contributed by atoms with E-state index in [0.717, 1.165) is 33.3 Å². The summed E-state index contributed by atoms with van der Waals surface area (Å²) in [5.74, 6) is 0.845. The van der Waals surface area contributed by atoms with Crippen molar-refractivity contribution in [1.82, 2.24) is 14.9 Å². The Hall–Kier alpha value is -3.85. The van der Waals surface area contributed by atoms with Crippen LogP contribution in [0.3, 0.4) is 0 Å². The predicted molar refractivity (Wildman–Crippen MR) is 129 cm³/mol. The van der Waals surface area contributed by atoms with Gasteiger partial charge in [0.25, 0.3) is 5.91 Å². The highest BCUT2D eigenvalue weighted by Crippen LogP contribution is 2.29. The van der Waals surface area contributed by atoms with Gasteiger partial charge in [0.1, 0.15) is 11.6 Å². The third-order valence-electron chi connectivity index (χ3n) is 5.09. The summed E-state index contributed by atoms with van der Waals surface area (Å²) < 4.78 is 12.2. The van der Waals surface area contributed by atoms with Crippen LogP contribution in [0.2, 0.25) is 0 Å². The van der Waals surface area contributed by atoms with Gasteiger partial charge in [-0.3, -0.25) is 4.79 Å². The van der Waals surface area contributed by atoms with E-state index in [2.05, 4.69) is 15.6 Å². The molecule has 9 heteroatoms. The van der Waals surface area contributed by atoms with Gasteiger partial charge < -0.3 is 14.6 Å². The summed E-state index contributed by atoms with van der Waals surface area (Å²) >= 11 is 1.49. The number of anilines is 1. The van der Waals surface area contributed by atoms with Gasteiger partial charge >= 0.3 is 5.97 Å². The molecule has 2 aromatic heterocycles. The number of benzene rings is 2. The maximum absolute atomic E-state index is 12.7. The number of aryl methyl sites for hydroxylation is 3. The van der Waals surface area contributed by atoms with Crippen molar-refractivity contribution >= 4 is 29.5 Å². The average Bonchev–Trinajstić information content (AvgIpc) is 3.37. The van der Waals surface area contributed by atoms with Crippen molar-refractivity contribution in [3.63, 3.8) is 0 Å². The van der Waals surface area contributed by atoms with Gasteiger partial charge in [-0.25, -0.2) is 9.48 Å². The smallest absolute Gasteiger partial charge is 0.339 e. The van der Waals surface area contributed by atoms with Gasteiger partial charge in [-0.1, -0.05) is 35.5 Å². The maximum Gasteiger partial charge on any atom is 0.339 e. The molecule has 0 spiro atoms. The molecule has 0 aliphatic rings. The van der Waals surface area contributed by atoms with E-state index in [1.165, 1.54) is 11.8 Å². The van der Waals surface area contributed by atoms with Crippen LogP contribution in [0.5, 0.6) is 0 Å². The Balaban J connectivity index is 1.39. The van der Waals surface area contributed by atoms with Crippen molar-refractivity contribution in [2.75, 3.05) is 11.9 Å². The third-order valence-corrected chi connectivity index (χ3v) is 6.19. The van der Waals surface area contributed by atoms with Crippen LogP contribution in [-0.2, 0) is 15.3 Å². The maximum atomic E-state index is 12.7. The van der Waals surface area contributed by atoms with Crippen LogP contribution in [0.4, 0.5) is 5.82 Å². The van der Waals surface area contributed by atoms with E-state index in [0.29, 0.717) is 17.1 Å². The summed E-state index contributed by atoms with van der Waals surface area (Å²) in [6.45, 7) is 5.17. The molecule has 34 heavy (non-hydrogen) atoms. The summed E-state index contributed by atoms with van der Waals surface area (Å²) in [6, 6.07) is 18.4. The summed E-state index contributed by atoms with van der Waals surface area (Å²) in [4.78, 5) is 26.0. The zero-order valence-electron chi connectivity index (χ0n) is 19.1. The SMILES string of the molecule is Cc1cc(NC(=O)COC(=O)c2ccccc2SCc2c(C)noc2C)n(-c2ccccc2)n1. The van der Waals surface area contributed by atoms with Gasteiger partial charge in [-0.05, 0) is 45.0 Å². The highest BCUT2D eigenvalue weighted by Gasteiger charge is 2.17. The van der Waals surface area contributed by atoms with E-state index in [1.807, 2.05) is 63.2 Å². The number of esters is 1. The Morgan fingerprint density at radius 2 is 1.79 bits per heavy atom. The van der Waals surface area contributed by atoms with Gasteiger partial charge in [0.15, 0.2) is 6.61 Å². The number of ether oxygens (including phenoxy) is 1. The first-order valence-corrected chi connectivity index (χ1v) is 11.6. The Labute approximate surface area is 201 Å². The van der Waals surface area contributed by atoms with Crippen molar-refractivity contribution in [1.29, 1.82) is 0 Å². The molecule has 2 heterocycles. The second-order valence-electron chi connectivity index (χ2n) is 7.63. The van der Waals surface area contributed by atoms with Crippen LogP contribution in [0.1, 0.15) is 33.1 Å². The van der Waals surface area contributed by atoms with Crippen LogP contribution >= 0.6 is 11.8 Å². The number of thioether (sulfide) groups is 1. The first-order chi connectivity index (χ1) is 16.4. The highest BCUT2D eigenvalue weighted by molar-refractivity contribution is 7.98. The monoisotopic (exact) mass is 476 g/mol. The number of carbonyl (C=O) groups is 2. The molecular formula is C25H24N4O4S. The molecule has 1 N–H and O–H groups in total. The van der Waals surface area contributed by atoms with Gasteiger partial charge in [0, 0.05) is 22.3 Å². The zero-order valence-corrected chi connectivity index (χ0v) is 19.9. The molecule has 0 radical (unpaired) electrons. The Kier molecular flexibility index (Phi) is 7.12. The number of nitrogens with one attached hydrogen (secondary N) is 1. The van der Waals surface area contributed by atoms with E-state index >= 15 is 0 Å². The number of amides is 1. The van der Waals surface area contributed by atoms with Crippen molar-refractivity contribution in [2.24, 2.45) is 0 Å². The molecule has 0 atom stereocenters. The first kappa shape index (κ1) is 23.3. The molecule has 2 aromatic carbocycles. The molecule has 1 amide bonds. The zero-order chi connectivity index (χ0) is 24.1. The number of aromatic nitrogens is 3. The van der Waals surface area contributed by atoms with Gasteiger partial charge in [0.05, 0.1) is 22.6 Å². The Morgan fingerprint density at radius 1 is 1.06 bits per heavy atom. The second kappa shape index (κ2) is 10.4. The van der Waals surface area contributed by atoms with E-state index in [1.54, 1.807) is 22.9 Å². The minimum Gasteiger partial charge on any atom is -0.452 e. The molecule has 0 unspecified atom stereocenters. The second-order valence-corrected chi connectivity index (χ2v) is 8.65. The van der Waals surface area contributed by atoms with Crippen LogP contribution in [0.25, 0.3) is 5.69 Å². The van der Waals surface area contributed by atoms with Crippen molar-refractivity contribution in [3.05, 3.63) is 88.9 Å². The van der Waals surface area contributed by atoms with Crippen LogP contribution < -0.4 is 5.32 Å². The normalized spacial score (nSPS) is 10.8. The highest BCUT2D eigenvalue weighted by atomic mass is 32.2.